The molecule has 102 valence electrons. The summed E-state index contributed by atoms with van der Waals surface area (Å²) in [5.41, 5.74) is 0.588. The summed E-state index contributed by atoms with van der Waals surface area (Å²) in [6.45, 7) is 7.24. The predicted octanol–water partition coefficient (Wildman–Crippen LogP) is 3.92. The minimum absolute atomic E-state index is 0.245. The van der Waals surface area contributed by atoms with Crippen molar-refractivity contribution in [3.63, 3.8) is 0 Å². The molecule has 3 heteroatoms. The Morgan fingerprint density at radius 3 is 2.50 bits per heavy atom. The maximum absolute atomic E-state index is 13.6. The van der Waals surface area contributed by atoms with Crippen LogP contribution in [0.2, 0.25) is 0 Å². The van der Waals surface area contributed by atoms with E-state index in [0.717, 1.165) is 25.5 Å². The van der Waals surface area contributed by atoms with Crippen molar-refractivity contribution in [2.75, 3.05) is 6.54 Å². The molecule has 0 aliphatic carbocycles. The van der Waals surface area contributed by atoms with Gasteiger partial charge >= 0.3 is 0 Å². The van der Waals surface area contributed by atoms with Crippen molar-refractivity contribution in [1.29, 1.82) is 0 Å². The first-order valence-electron chi connectivity index (χ1n) is 6.75. The smallest absolute Gasteiger partial charge is 0.129 e. The summed E-state index contributed by atoms with van der Waals surface area (Å²) in [7, 11) is 0. The first-order valence-corrected chi connectivity index (χ1v) is 6.75. The molecule has 0 heterocycles. The molecule has 0 radical (unpaired) electrons. The summed E-state index contributed by atoms with van der Waals surface area (Å²) in [5, 5.41) is 3.40. The van der Waals surface area contributed by atoms with Crippen LogP contribution in [0.1, 0.15) is 39.2 Å². The monoisotopic (exact) mass is 255 g/mol. The summed E-state index contributed by atoms with van der Waals surface area (Å²) in [4.78, 5) is 0. The normalized spacial score (nSPS) is 14.5. The minimum atomic E-state index is -0.516. The van der Waals surface area contributed by atoms with Crippen LogP contribution in [0.25, 0.3) is 0 Å². The SMILES string of the molecule is CCCC(C)C(Cc1ccc(F)cc1F)NCC. The van der Waals surface area contributed by atoms with Crippen LogP contribution in [0.3, 0.4) is 0 Å². The Hall–Kier alpha value is -0.960. The zero-order valence-corrected chi connectivity index (χ0v) is 11.5. The van der Waals surface area contributed by atoms with Gasteiger partial charge in [0.05, 0.1) is 0 Å². The highest BCUT2D eigenvalue weighted by Gasteiger charge is 2.17. The molecule has 1 nitrogen and oxygen atoms in total. The molecule has 0 spiro atoms. The van der Waals surface area contributed by atoms with E-state index in [1.807, 2.05) is 6.92 Å². The quantitative estimate of drug-likeness (QED) is 0.778. The molecule has 0 bridgehead atoms. The van der Waals surface area contributed by atoms with E-state index in [-0.39, 0.29) is 6.04 Å². The van der Waals surface area contributed by atoms with Gasteiger partial charge in [0.1, 0.15) is 11.6 Å². The van der Waals surface area contributed by atoms with Crippen molar-refractivity contribution in [2.24, 2.45) is 5.92 Å². The summed E-state index contributed by atoms with van der Waals surface area (Å²) in [5.74, 6) is -0.473. The molecule has 0 aromatic heterocycles. The highest BCUT2D eigenvalue weighted by Crippen LogP contribution is 2.18. The standard InChI is InChI=1S/C15H23F2N/c1-4-6-11(3)15(18-5-2)9-12-7-8-13(16)10-14(12)17/h7-8,10-11,15,18H,4-6,9H2,1-3H3. The van der Waals surface area contributed by atoms with Crippen molar-refractivity contribution < 1.29 is 8.78 Å². The first kappa shape index (κ1) is 15.1. The maximum atomic E-state index is 13.6. The summed E-state index contributed by atoms with van der Waals surface area (Å²) in [6.07, 6.45) is 2.84. The average molecular weight is 255 g/mol. The molecule has 0 aliphatic rings. The van der Waals surface area contributed by atoms with Gasteiger partial charge < -0.3 is 5.32 Å². The number of rotatable bonds is 7. The fourth-order valence-electron chi connectivity index (χ4n) is 2.32. The summed E-state index contributed by atoms with van der Waals surface area (Å²) in [6, 6.07) is 4.08. The van der Waals surface area contributed by atoms with Crippen LogP contribution in [-0.2, 0) is 6.42 Å². The lowest BCUT2D eigenvalue weighted by atomic mass is 9.91. The number of benzene rings is 1. The van der Waals surface area contributed by atoms with Crippen LogP contribution in [0.5, 0.6) is 0 Å². The second-order valence-electron chi connectivity index (χ2n) is 4.87. The number of halogens is 2. The van der Waals surface area contributed by atoms with Crippen molar-refractivity contribution in [3.8, 4) is 0 Å². The topological polar surface area (TPSA) is 12.0 Å². The molecule has 2 atom stereocenters. The van der Waals surface area contributed by atoms with Gasteiger partial charge in [-0.1, -0.05) is 33.3 Å². The van der Waals surface area contributed by atoms with Gasteiger partial charge in [-0.25, -0.2) is 8.78 Å². The highest BCUT2D eigenvalue weighted by molar-refractivity contribution is 5.19. The van der Waals surface area contributed by atoms with E-state index in [1.165, 1.54) is 6.07 Å². The lowest BCUT2D eigenvalue weighted by molar-refractivity contribution is 0.354. The number of hydrogen-bond acceptors (Lipinski definition) is 1. The van der Waals surface area contributed by atoms with Crippen LogP contribution in [0.4, 0.5) is 8.78 Å². The third-order valence-corrected chi connectivity index (χ3v) is 3.35. The number of likely N-dealkylation sites (N-methyl/N-ethyl adjacent to an activating group) is 1. The van der Waals surface area contributed by atoms with Crippen molar-refractivity contribution >= 4 is 0 Å². The first-order chi connectivity index (χ1) is 8.58. The predicted molar refractivity (Wildman–Crippen MR) is 71.6 cm³/mol. The Labute approximate surface area is 109 Å². The highest BCUT2D eigenvalue weighted by atomic mass is 19.1. The Bertz CT molecular complexity index is 366. The third-order valence-electron chi connectivity index (χ3n) is 3.35. The molecule has 0 fully saturated rings. The van der Waals surface area contributed by atoms with Crippen LogP contribution >= 0.6 is 0 Å². The molecule has 0 saturated carbocycles. The van der Waals surface area contributed by atoms with E-state index in [4.69, 9.17) is 0 Å². The molecule has 0 aliphatic heterocycles. The van der Waals surface area contributed by atoms with Crippen molar-refractivity contribution in [2.45, 2.75) is 46.1 Å². The molecular formula is C15H23F2N. The Balaban J connectivity index is 2.75. The lowest BCUT2D eigenvalue weighted by Crippen LogP contribution is -2.37. The van der Waals surface area contributed by atoms with Gasteiger partial charge in [-0.2, -0.15) is 0 Å². The van der Waals surface area contributed by atoms with E-state index in [1.54, 1.807) is 6.07 Å². The average Bonchev–Trinajstić information content (AvgIpc) is 2.32. The fourth-order valence-corrected chi connectivity index (χ4v) is 2.32. The van der Waals surface area contributed by atoms with Crippen LogP contribution in [-0.4, -0.2) is 12.6 Å². The van der Waals surface area contributed by atoms with Crippen LogP contribution in [0, 0.1) is 17.6 Å². The molecule has 1 rings (SSSR count). The molecule has 1 aromatic carbocycles. The number of hydrogen-bond donors (Lipinski definition) is 1. The van der Waals surface area contributed by atoms with E-state index >= 15 is 0 Å². The second kappa shape index (κ2) is 7.47. The van der Waals surface area contributed by atoms with Crippen molar-refractivity contribution in [3.05, 3.63) is 35.4 Å². The molecule has 0 saturated heterocycles. The van der Waals surface area contributed by atoms with Crippen LogP contribution < -0.4 is 5.32 Å². The van der Waals surface area contributed by atoms with E-state index in [0.29, 0.717) is 17.9 Å². The molecular weight excluding hydrogens is 232 g/mol. The molecule has 18 heavy (non-hydrogen) atoms. The zero-order chi connectivity index (χ0) is 13.5. The van der Waals surface area contributed by atoms with Gasteiger partial charge in [0.25, 0.3) is 0 Å². The minimum Gasteiger partial charge on any atom is -0.314 e. The molecule has 2 unspecified atom stereocenters. The van der Waals surface area contributed by atoms with E-state index in [9.17, 15) is 8.78 Å². The van der Waals surface area contributed by atoms with Gasteiger partial charge in [0.15, 0.2) is 0 Å². The molecule has 0 amide bonds. The van der Waals surface area contributed by atoms with Gasteiger partial charge in [-0.3, -0.25) is 0 Å². The second-order valence-corrected chi connectivity index (χ2v) is 4.87. The van der Waals surface area contributed by atoms with Gasteiger partial charge in [-0.15, -0.1) is 0 Å². The number of nitrogens with one attached hydrogen (secondary N) is 1. The van der Waals surface area contributed by atoms with E-state index in [2.05, 4.69) is 19.2 Å². The summed E-state index contributed by atoms with van der Waals surface area (Å²) < 4.78 is 26.5. The zero-order valence-electron chi connectivity index (χ0n) is 11.5. The van der Waals surface area contributed by atoms with Crippen molar-refractivity contribution in [1.82, 2.24) is 5.32 Å². The van der Waals surface area contributed by atoms with E-state index < -0.39 is 11.6 Å². The van der Waals surface area contributed by atoms with Gasteiger partial charge in [0.2, 0.25) is 0 Å². The summed E-state index contributed by atoms with van der Waals surface area (Å²) >= 11 is 0. The fraction of sp³-hybridized carbons (Fsp3) is 0.600. The molecule has 1 N–H and O–H groups in total. The Kier molecular flexibility index (Phi) is 6.27. The largest absolute Gasteiger partial charge is 0.314 e. The Morgan fingerprint density at radius 1 is 1.22 bits per heavy atom. The Morgan fingerprint density at radius 2 is 1.94 bits per heavy atom. The lowest BCUT2D eigenvalue weighted by Gasteiger charge is -2.25. The van der Waals surface area contributed by atoms with Gasteiger partial charge in [-0.05, 0) is 36.9 Å². The maximum Gasteiger partial charge on any atom is 0.129 e. The van der Waals surface area contributed by atoms with Gasteiger partial charge in [0, 0.05) is 12.1 Å². The third kappa shape index (κ3) is 4.37. The van der Waals surface area contributed by atoms with Crippen LogP contribution in [0.15, 0.2) is 18.2 Å². The molecule has 1 aromatic rings.